The van der Waals surface area contributed by atoms with Gasteiger partial charge in [-0.1, -0.05) is 90.8 Å². The molecule has 4 atom stereocenters. The van der Waals surface area contributed by atoms with Crippen LogP contribution in [0, 0.1) is 17.8 Å². The molecule has 0 aromatic rings. The predicted molar refractivity (Wildman–Crippen MR) is 83.2 cm³/mol. The minimum Gasteiger partial charge on any atom is -0.0741 e. The van der Waals surface area contributed by atoms with E-state index in [-0.39, 0.29) is 0 Å². The second-order valence-electron chi connectivity index (χ2n) is 6.53. The molecule has 0 bridgehead atoms. The molecule has 4 unspecified atom stereocenters. The summed E-state index contributed by atoms with van der Waals surface area (Å²) in [4.78, 5) is 0. The molecule has 1 rings (SSSR count). The molecule has 0 aromatic carbocycles. The highest BCUT2D eigenvalue weighted by Crippen LogP contribution is 2.47. The summed E-state index contributed by atoms with van der Waals surface area (Å²) in [5.74, 6) is 3.09. The maximum absolute atomic E-state index is 6.35. The number of hydrogen-bond acceptors (Lipinski definition) is 0. The Morgan fingerprint density at radius 3 is 2.22 bits per heavy atom. The average Bonchev–Trinajstić information content (AvgIpc) is 2.61. The summed E-state index contributed by atoms with van der Waals surface area (Å²) in [5, 5.41) is 0. The fourth-order valence-corrected chi connectivity index (χ4v) is 3.87. The quantitative estimate of drug-likeness (QED) is 0.359. The molecule has 2 radical (unpaired) electrons. The molecule has 1 aliphatic rings. The van der Waals surface area contributed by atoms with Gasteiger partial charge in [-0.3, -0.25) is 0 Å². The van der Waals surface area contributed by atoms with Crippen LogP contribution < -0.4 is 0 Å². The monoisotopic (exact) mass is 248 g/mol. The molecule has 1 heteroatoms. The van der Waals surface area contributed by atoms with E-state index in [0.29, 0.717) is 5.82 Å². The van der Waals surface area contributed by atoms with E-state index in [1.165, 1.54) is 64.2 Å². The largest absolute Gasteiger partial charge is 0.0741 e. The summed E-state index contributed by atoms with van der Waals surface area (Å²) in [7, 11) is 6.35. The topological polar surface area (TPSA) is 0 Å². The molecule has 0 spiro atoms. The van der Waals surface area contributed by atoms with Crippen molar-refractivity contribution in [1.29, 1.82) is 0 Å². The Kier molecular flexibility index (Phi) is 8.10. The van der Waals surface area contributed by atoms with Crippen LogP contribution in [0.1, 0.15) is 85.0 Å². The summed E-state index contributed by atoms with van der Waals surface area (Å²) < 4.78 is 0. The van der Waals surface area contributed by atoms with Gasteiger partial charge in [-0.05, 0) is 17.8 Å². The van der Waals surface area contributed by atoms with Crippen LogP contribution in [-0.2, 0) is 0 Å². The third kappa shape index (κ3) is 4.98. The lowest BCUT2D eigenvalue weighted by Crippen LogP contribution is -2.13. The van der Waals surface area contributed by atoms with E-state index in [1.54, 1.807) is 0 Å². The Labute approximate surface area is 117 Å². The van der Waals surface area contributed by atoms with E-state index in [2.05, 4.69) is 20.8 Å². The van der Waals surface area contributed by atoms with Gasteiger partial charge in [0.05, 0.1) is 7.85 Å². The molecular weight excluding hydrogens is 215 g/mol. The van der Waals surface area contributed by atoms with Crippen LogP contribution in [0.3, 0.4) is 0 Å². The highest BCUT2D eigenvalue weighted by atomic mass is 14.4. The molecule has 0 nitrogen and oxygen atoms in total. The smallest absolute Gasteiger partial charge is 0.0703 e. The third-order valence-corrected chi connectivity index (χ3v) is 5.09. The van der Waals surface area contributed by atoms with E-state index in [1.807, 2.05) is 0 Å². The van der Waals surface area contributed by atoms with E-state index in [0.717, 1.165) is 17.8 Å². The van der Waals surface area contributed by atoms with Crippen molar-refractivity contribution in [2.75, 3.05) is 0 Å². The van der Waals surface area contributed by atoms with Crippen molar-refractivity contribution < 1.29 is 0 Å². The van der Waals surface area contributed by atoms with Crippen LogP contribution in [0.4, 0.5) is 0 Å². The van der Waals surface area contributed by atoms with Crippen LogP contribution in [0.2, 0.25) is 5.82 Å². The predicted octanol–water partition coefficient (Wildman–Crippen LogP) is 5.77. The first-order chi connectivity index (χ1) is 8.70. The summed E-state index contributed by atoms with van der Waals surface area (Å²) in [6, 6.07) is 0. The highest BCUT2D eigenvalue weighted by molar-refractivity contribution is 6.12. The third-order valence-electron chi connectivity index (χ3n) is 5.09. The summed E-state index contributed by atoms with van der Waals surface area (Å²) in [5.41, 5.74) is 0. The van der Waals surface area contributed by atoms with Crippen LogP contribution in [0.25, 0.3) is 0 Å². The van der Waals surface area contributed by atoms with Gasteiger partial charge < -0.3 is 0 Å². The van der Waals surface area contributed by atoms with E-state index in [9.17, 15) is 0 Å². The summed E-state index contributed by atoms with van der Waals surface area (Å²) >= 11 is 0. The molecule has 1 aliphatic carbocycles. The number of unbranched alkanes of at least 4 members (excludes halogenated alkanes) is 5. The van der Waals surface area contributed by atoms with Gasteiger partial charge >= 0.3 is 0 Å². The van der Waals surface area contributed by atoms with Gasteiger partial charge in [0.1, 0.15) is 0 Å². The summed E-state index contributed by atoms with van der Waals surface area (Å²) in [6.07, 6.45) is 13.8. The molecule has 0 aliphatic heterocycles. The molecular formula is C17H33B. The van der Waals surface area contributed by atoms with Gasteiger partial charge in [0.2, 0.25) is 0 Å². The van der Waals surface area contributed by atoms with Crippen molar-refractivity contribution in [3.05, 3.63) is 0 Å². The van der Waals surface area contributed by atoms with E-state index < -0.39 is 0 Å². The van der Waals surface area contributed by atoms with Crippen molar-refractivity contribution >= 4 is 7.85 Å². The highest BCUT2D eigenvalue weighted by Gasteiger charge is 2.36. The van der Waals surface area contributed by atoms with Crippen molar-refractivity contribution in [2.45, 2.75) is 90.8 Å². The van der Waals surface area contributed by atoms with Crippen molar-refractivity contribution in [3.63, 3.8) is 0 Å². The maximum Gasteiger partial charge on any atom is 0.0703 e. The van der Waals surface area contributed by atoms with Gasteiger partial charge in [0.25, 0.3) is 0 Å². The molecule has 1 saturated carbocycles. The number of rotatable bonds is 9. The first-order valence-corrected chi connectivity index (χ1v) is 8.46. The van der Waals surface area contributed by atoms with E-state index in [4.69, 9.17) is 7.85 Å². The lowest BCUT2D eigenvalue weighted by atomic mass is 9.74. The molecule has 0 heterocycles. The minimum atomic E-state index is 0.493. The molecule has 1 fully saturated rings. The first kappa shape index (κ1) is 16.1. The second-order valence-corrected chi connectivity index (χ2v) is 6.53. The first-order valence-electron chi connectivity index (χ1n) is 8.46. The van der Waals surface area contributed by atoms with Gasteiger partial charge in [0, 0.05) is 0 Å². The van der Waals surface area contributed by atoms with Crippen LogP contribution in [-0.4, -0.2) is 7.85 Å². The Hall–Kier alpha value is 0.0649. The van der Waals surface area contributed by atoms with Crippen molar-refractivity contribution in [3.8, 4) is 0 Å². The van der Waals surface area contributed by atoms with Gasteiger partial charge in [-0.2, -0.15) is 0 Å². The molecule has 0 aromatic heterocycles. The molecule has 18 heavy (non-hydrogen) atoms. The summed E-state index contributed by atoms with van der Waals surface area (Å²) in [6.45, 7) is 7.04. The van der Waals surface area contributed by atoms with Crippen LogP contribution >= 0.6 is 0 Å². The van der Waals surface area contributed by atoms with Crippen molar-refractivity contribution in [2.24, 2.45) is 17.8 Å². The normalized spacial score (nSPS) is 31.9. The van der Waals surface area contributed by atoms with Crippen molar-refractivity contribution in [1.82, 2.24) is 0 Å². The minimum absolute atomic E-state index is 0.493. The van der Waals surface area contributed by atoms with Gasteiger partial charge in [0.15, 0.2) is 0 Å². The molecule has 0 saturated heterocycles. The van der Waals surface area contributed by atoms with Crippen LogP contribution in [0.5, 0.6) is 0 Å². The zero-order valence-corrected chi connectivity index (χ0v) is 13.0. The molecule has 0 N–H and O–H groups in total. The van der Waals surface area contributed by atoms with Crippen LogP contribution in [0.15, 0.2) is 0 Å². The lowest BCUT2D eigenvalue weighted by molar-refractivity contribution is 0.303. The van der Waals surface area contributed by atoms with E-state index >= 15 is 0 Å². The zero-order chi connectivity index (χ0) is 13.4. The second kappa shape index (κ2) is 9.05. The number of hydrogen-bond donors (Lipinski definition) is 0. The Bertz CT molecular complexity index is 202. The average molecular weight is 248 g/mol. The maximum atomic E-state index is 6.35. The fraction of sp³-hybridized carbons (Fsp3) is 1.00. The lowest BCUT2D eigenvalue weighted by Gasteiger charge is -2.22. The SMILES string of the molecule is [B]C1CC(CCC)C(C)C1CCCCCCCC. The Morgan fingerprint density at radius 2 is 1.56 bits per heavy atom. The van der Waals surface area contributed by atoms with Gasteiger partial charge in [-0.25, -0.2) is 0 Å². The standard InChI is InChI=1S/C17H33B/c1-4-6-7-8-9-10-12-16-14(3)15(11-5-2)13-17(16)18/h14-17H,4-13H2,1-3H3. The Balaban J connectivity index is 2.17. The Morgan fingerprint density at radius 1 is 0.889 bits per heavy atom. The molecule has 104 valence electrons. The zero-order valence-electron chi connectivity index (χ0n) is 13.0. The van der Waals surface area contributed by atoms with Gasteiger partial charge in [-0.15, -0.1) is 0 Å². The molecule has 0 amide bonds. The fourth-order valence-electron chi connectivity index (χ4n) is 3.87.